The van der Waals surface area contributed by atoms with Crippen LogP contribution in [0.3, 0.4) is 0 Å². The third kappa shape index (κ3) is 4.97. The molecule has 2 aliphatic rings. The zero-order valence-corrected chi connectivity index (χ0v) is 25.6. The number of aromatic hydroxyl groups is 4. The van der Waals surface area contributed by atoms with Crippen molar-refractivity contribution < 1.29 is 20.4 Å². The monoisotopic (exact) mass is 642 g/mol. The van der Waals surface area contributed by atoms with E-state index in [1.165, 1.54) is 0 Å². The van der Waals surface area contributed by atoms with Gasteiger partial charge in [0.15, 0.2) is 0 Å². The van der Waals surface area contributed by atoms with Gasteiger partial charge in [0.1, 0.15) is 23.0 Å². The standard InChI is InChI=1S/C34H30Cl4O4/c35-25-13-21(1-5-29(25)39)33(22-2-6-30(40)26(36)14-22)11-9-20-18-34(12-10-19(20)17-33,23-3-7-31(41)27(37)15-23)24-4-8-32(42)28(38)16-24/h1-8,13-16,19-20,39-42H,9-12,17-18H2. The maximum Gasteiger partial charge on any atom is 0.134 e. The van der Waals surface area contributed by atoms with Crippen molar-refractivity contribution in [2.45, 2.75) is 49.4 Å². The molecule has 4 aromatic carbocycles. The summed E-state index contributed by atoms with van der Waals surface area (Å²) in [5, 5.41) is 41.9. The maximum atomic E-state index is 10.2. The van der Waals surface area contributed by atoms with Crippen molar-refractivity contribution in [2.75, 3.05) is 0 Å². The minimum atomic E-state index is -0.403. The Hall–Kier alpha value is -2.76. The van der Waals surface area contributed by atoms with Crippen LogP contribution >= 0.6 is 46.4 Å². The summed E-state index contributed by atoms with van der Waals surface area (Å²) >= 11 is 25.7. The minimum absolute atomic E-state index is 0.0376. The summed E-state index contributed by atoms with van der Waals surface area (Å²) in [5.41, 5.74) is 3.24. The van der Waals surface area contributed by atoms with E-state index in [0.29, 0.717) is 31.9 Å². The molecule has 0 aliphatic heterocycles. The van der Waals surface area contributed by atoms with Crippen LogP contribution in [0.2, 0.25) is 20.1 Å². The van der Waals surface area contributed by atoms with Crippen molar-refractivity contribution >= 4 is 46.4 Å². The molecule has 2 fully saturated rings. The Morgan fingerprint density at radius 1 is 0.452 bits per heavy atom. The molecule has 2 saturated carbocycles. The Labute approximate surface area is 265 Å². The first kappa shape index (κ1) is 29.3. The molecule has 0 spiro atoms. The molecule has 2 unspecified atom stereocenters. The number of halogens is 4. The van der Waals surface area contributed by atoms with Gasteiger partial charge < -0.3 is 20.4 Å². The lowest BCUT2D eigenvalue weighted by atomic mass is 9.51. The van der Waals surface area contributed by atoms with E-state index in [1.54, 1.807) is 24.3 Å². The predicted octanol–water partition coefficient (Wildman–Crippen LogP) is 10.00. The highest BCUT2D eigenvalue weighted by Crippen LogP contribution is 2.59. The van der Waals surface area contributed by atoms with Gasteiger partial charge in [-0.1, -0.05) is 70.7 Å². The number of hydrogen-bond donors (Lipinski definition) is 4. The lowest BCUT2D eigenvalue weighted by Crippen LogP contribution is -2.45. The molecule has 2 aliphatic carbocycles. The summed E-state index contributed by atoms with van der Waals surface area (Å²) in [6.45, 7) is 0. The summed E-state index contributed by atoms with van der Waals surface area (Å²) in [6, 6.07) is 21.7. The highest BCUT2D eigenvalue weighted by molar-refractivity contribution is 6.33. The largest absolute Gasteiger partial charge is 0.506 e. The number of hydrogen-bond acceptors (Lipinski definition) is 4. The van der Waals surface area contributed by atoms with Gasteiger partial charge in [-0.3, -0.25) is 0 Å². The summed E-state index contributed by atoms with van der Waals surface area (Å²) < 4.78 is 0. The Morgan fingerprint density at radius 3 is 0.952 bits per heavy atom. The summed E-state index contributed by atoms with van der Waals surface area (Å²) in [5.74, 6) is 0.886. The fraction of sp³-hybridized carbons (Fsp3) is 0.294. The minimum Gasteiger partial charge on any atom is -0.506 e. The van der Waals surface area contributed by atoms with Gasteiger partial charge in [0.25, 0.3) is 0 Å². The second-order valence-electron chi connectivity index (χ2n) is 11.8. The van der Waals surface area contributed by atoms with E-state index in [0.717, 1.165) is 60.8 Å². The van der Waals surface area contributed by atoms with Gasteiger partial charge in [-0.05, 0) is 121 Å². The van der Waals surface area contributed by atoms with Crippen molar-refractivity contribution in [1.29, 1.82) is 0 Å². The van der Waals surface area contributed by atoms with Crippen molar-refractivity contribution in [3.8, 4) is 23.0 Å². The van der Waals surface area contributed by atoms with Gasteiger partial charge in [-0.2, -0.15) is 0 Å². The molecule has 42 heavy (non-hydrogen) atoms. The molecule has 4 nitrogen and oxygen atoms in total. The van der Waals surface area contributed by atoms with E-state index < -0.39 is 10.8 Å². The zero-order valence-electron chi connectivity index (χ0n) is 22.6. The van der Waals surface area contributed by atoms with Crippen LogP contribution in [0.5, 0.6) is 23.0 Å². The van der Waals surface area contributed by atoms with Crippen LogP contribution in [0, 0.1) is 11.8 Å². The molecular formula is C34H30Cl4O4. The van der Waals surface area contributed by atoms with E-state index in [-0.39, 0.29) is 23.0 Å². The van der Waals surface area contributed by atoms with Crippen molar-refractivity contribution in [1.82, 2.24) is 0 Å². The van der Waals surface area contributed by atoms with Gasteiger partial charge in [0.05, 0.1) is 20.1 Å². The number of rotatable bonds is 4. The molecule has 0 bridgehead atoms. The Balaban J connectivity index is 1.42. The molecule has 0 aromatic heterocycles. The molecule has 8 heteroatoms. The third-order valence-electron chi connectivity index (χ3n) is 9.77. The van der Waals surface area contributed by atoms with Crippen molar-refractivity contribution in [3.05, 3.63) is 115 Å². The van der Waals surface area contributed by atoms with E-state index in [9.17, 15) is 20.4 Å². The first-order valence-corrected chi connectivity index (χ1v) is 15.5. The molecular weight excluding hydrogens is 614 g/mol. The number of phenolic OH excluding ortho intramolecular Hbond substituents is 4. The lowest BCUT2D eigenvalue weighted by Gasteiger charge is -2.52. The van der Waals surface area contributed by atoms with Gasteiger partial charge in [0, 0.05) is 10.8 Å². The molecule has 0 radical (unpaired) electrons. The fourth-order valence-corrected chi connectivity index (χ4v) is 8.29. The first-order valence-electron chi connectivity index (χ1n) is 14.0. The topological polar surface area (TPSA) is 80.9 Å². The van der Waals surface area contributed by atoms with Crippen LogP contribution in [0.25, 0.3) is 0 Å². The van der Waals surface area contributed by atoms with Crippen LogP contribution in [-0.2, 0) is 10.8 Å². The summed E-state index contributed by atoms with van der Waals surface area (Å²) in [7, 11) is 0. The van der Waals surface area contributed by atoms with Crippen molar-refractivity contribution in [2.24, 2.45) is 11.8 Å². The van der Waals surface area contributed by atoms with Gasteiger partial charge in [-0.15, -0.1) is 0 Å². The predicted molar refractivity (Wildman–Crippen MR) is 169 cm³/mol. The zero-order chi connectivity index (χ0) is 29.8. The average Bonchev–Trinajstić information content (AvgIpc) is 2.98. The second kappa shape index (κ2) is 11.1. The average molecular weight is 644 g/mol. The Bertz CT molecular complexity index is 1440. The smallest absolute Gasteiger partial charge is 0.134 e. The van der Waals surface area contributed by atoms with Crippen LogP contribution in [0.15, 0.2) is 72.8 Å². The molecule has 218 valence electrons. The van der Waals surface area contributed by atoms with Gasteiger partial charge in [-0.25, -0.2) is 0 Å². The lowest BCUT2D eigenvalue weighted by molar-refractivity contribution is 0.0909. The van der Waals surface area contributed by atoms with Crippen LogP contribution < -0.4 is 0 Å². The first-order chi connectivity index (χ1) is 20.0. The molecule has 2 atom stereocenters. The van der Waals surface area contributed by atoms with E-state index >= 15 is 0 Å². The van der Waals surface area contributed by atoms with Crippen LogP contribution in [0.4, 0.5) is 0 Å². The van der Waals surface area contributed by atoms with Crippen LogP contribution in [0.1, 0.15) is 60.8 Å². The summed E-state index contributed by atoms with van der Waals surface area (Å²) in [4.78, 5) is 0. The van der Waals surface area contributed by atoms with Crippen LogP contribution in [-0.4, -0.2) is 20.4 Å². The molecule has 0 saturated heterocycles. The van der Waals surface area contributed by atoms with E-state index in [2.05, 4.69) is 0 Å². The Morgan fingerprint density at radius 2 is 0.714 bits per heavy atom. The molecule has 6 rings (SSSR count). The number of fused-ring (bicyclic) bond motifs is 1. The van der Waals surface area contributed by atoms with E-state index in [1.807, 2.05) is 48.5 Å². The third-order valence-corrected chi connectivity index (χ3v) is 11.0. The number of benzene rings is 4. The quantitative estimate of drug-likeness (QED) is 0.178. The fourth-order valence-electron chi connectivity index (χ4n) is 7.57. The molecule has 0 amide bonds. The SMILES string of the molecule is Oc1ccc(C2(c3ccc(O)c(Cl)c3)CCC3CC(c4ccc(O)c(Cl)c4)(c4ccc(O)c(Cl)c4)CCC3C2)cc1Cl. The van der Waals surface area contributed by atoms with Crippen molar-refractivity contribution in [3.63, 3.8) is 0 Å². The van der Waals surface area contributed by atoms with Gasteiger partial charge >= 0.3 is 0 Å². The normalized spacial score (nSPS) is 21.0. The van der Waals surface area contributed by atoms with E-state index in [4.69, 9.17) is 46.4 Å². The second-order valence-corrected chi connectivity index (χ2v) is 13.5. The van der Waals surface area contributed by atoms with Gasteiger partial charge in [0.2, 0.25) is 0 Å². The molecule has 0 heterocycles. The highest BCUT2D eigenvalue weighted by Gasteiger charge is 2.50. The molecule has 4 aromatic rings. The molecule has 4 N–H and O–H groups in total. The summed E-state index contributed by atoms with van der Waals surface area (Å²) in [6.07, 6.45) is 5.17. The highest BCUT2D eigenvalue weighted by atomic mass is 35.5. The maximum absolute atomic E-state index is 10.2. The number of phenols is 4. The Kier molecular flexibility index (Phi) is 7.72.